The molecule has 5 nitrogen and oxygen atoms in total. The van der Waals surface area contributed by atoms with Gasteiger partial charge in [0.05, 0.1) is 5.56 Å². The number of hydrogen-bond donors (Lipinski definition) is 2. The Balaban J connectivity index is 1.63. The van der Waals surface area contributed by atoms with Crippen molar-refractivity contribution in [3.63, 3.8) is 0 Å². The van der Waals surface area contributed by atoms with E-state index >= 15 is 0 Å². The number of nitrogens with two attached hydrogens (primary N) is 1. The van der Waals surface area contributed by atoms with Gasteiger partial charge in [-0.2, -0.15) is 0 Å². The number of amides is 1. The molecule has 1 aromatic heterocycles. The zero-order valence-corrected chi connectivity index (χ0v) is 15.7. The fourth-order valence-electron chi connectivity index (χ4n) is 3.20. The van der Waals surface area contributed by atoms with E-state index in [1.54, 1.807) is 12.1 Å². The van der Waals surface area contributed by atoms with E-state index in [0.29, 0.717) is 22.9 Å². The molecule has 0 spiro atoms. The number of carbonyl (C=O) groups is 1. The largest absolute Gasteiger partial charge is 0.439 e. The summed E-state index contributed by atoms with van der Waals surface area (Å²) in [6, 6.07) is 9.91. The molecule has 5 heteroatoms. The number of aryl methyl sites for hydroxylation is 1. The molecule has 1 atom stereocenters. The molecule has 1 aliphatic carbocycles. The summed E-state index contributed by atoms with van der Waals surface area (Å²) in [7, 11) is 0. The number of rotatable bonds is 6. The fourth-order valence-corrected chi connectivity index (χ4v) is 3.20. The summed E-state index contributed by atoms with van der Waals surface area (Å²) in [4.78, 5) is 15.2. The highest BCUT2D eigenvalue weighted by Gasteiger charge is 2.23. The highest BCUT2D eigenvalue weighted by molar-refractivity contribution is 5.92. The number of ether oxygens (including phenoxy) is 1. The summed E-state index contributed by atoms with van der Waals surface area (Å²) in [5, 5.41) is 3.68. The maximum Gasteiger partial charge on any atom is 0.250 e. The molecule has 0 bridgehead atoms. The Kier molecular flexibility index (Phi) is 5.28. The second-order valence-corrected chi connectivity index (χ2v) is 8.07. The van der Waals surface area contributed by atoms with Crippen molar-refractivity contribution in [1.82, 2.24) is 10.3 Å². The van der Waals surface area contributed by atoms with Crippen molar-refractivity contribution in [2.45, 2.75) is 46.1 Å². The minimum atomic E-state index is -0.494. The molecule has 3 rings (SSSR count). The molecule has 1 aromatic carbocycles. The van der Waals surface area contributed by atoms with E-state index in [4.69, 9.17) is 10.5 Å². The lowest BCUT2D eigenvalue weighted by Crippen LogP contribution is -2.24. The average molecular weight is 353 g/mol. The molecule has 0 radical (unpaired) electrons. The van der Waals surface area contributed by atoms with Gasteiger partial charge in [-0.15, -0.1) is 0 Å². The van der Waals surface area contributed by atoms with Gasteiger partial charge in [-0.3, -0.25) is 4.79 Å². The van der Waals surface area contributed by atoms with Crippen LogP contribution in [0.2, 0.25) is 0 Å². The molecule has 1 amide bonds. The first-order chi connectivity index (χ1) is 12.3. The second kappa shape index (κ2) is 7.46. The predicted molar refractivity (Wildman–Crippen MR) is 102 cm³/mol. The summed E-state index contributed by atoms with van der Waals surface area (Å²) < 4.78 is 5.82. The minimum Gasteiger partial charge on any atom is -0.439 e. The van der Waals surface area contributed by atoms with Crippen molar-refractivity contribution >= 4 is 5.91 Å². The van der Waals surface area contributed by atoms with Gasteiger partial charge in [-0.05, 0) is 60.5 Å². The number of primary amides is 1. The van der Waals surface area contributed by atoms with Crippen molar-refractivity contribution in [1.29, 1.82) is 0 Å². The zero-order chi connectivity index (χ0) is 18.7. The van der Waals surface area contributed by atoms with Crippen LogP contribution in [0.4, 0.5) is 0 Å². The van der Waals surface area contributed by atoms with Crippen LogP contribution in [0.25, 0.3) is 0 Å². The normalized spacial score (nSPS) is 16.3. The van der Waals surface area contributed by atoms with Crippen molar-refractivity contribution in [3.8, 4) is 11.6 Å². The first-order valence-corrected chi connectivity index (χ1v) is 9.12. The minimum absolute atomic E-state index is 0.350. The fraction of sp³-hybridized carbons (Fsp3) is 0.429. The first-order valence-electron chi connectivity index (χ1n) is 9.12. The van der Waals surface area contributed by atoms with Gasteiger partial charge in [0.15, 0.2) is 0 Å². The van der Waals surface area contributed by atoms with Crippen LogP contribution in [0.1, 0.15) is 61.1 Å². The number of benzene rings is 1. The lowest BCUT2D eigenvalue weighted by atomic mass is 9.92. The Morgan fingerprint density at radius 2 is 2.12 bits per heavy atom. The highest BCUT2D eigenvalue weighted by atomic mass is 16.5. The molecule has 0 saturated carbocycles. The summed E-state index contributed by atoms with van der Waals surface area (Å²) in [6.07, 6.45) is 4.76. The standard InChI is InChI=1S/C21H27N3O2/c1-21(2,3)10-11-23-18-8-4-14-12-16(6-7-17(14)18)26-19-9-5-15(13-24-19)20(22)25/h5-7,9,12-13,18,23H,4,8,10-11H2,1-3H3,(H2,22,25). The molecule has 0 fully saturated rings. The van der Waals surface area contributed by atoms with E-state index < -0.39 is 5.91 Å². The van der Waals surface area contributed by atoms with E-state index in [0.717, 1.165) is 31.6 Å². The van der Waals surface area contributed by atoms with E-state index in [1.165, 1.54) is 17.3 Å². The van der Waals surface area contributed by atoms with Crippen LogP contribution < -0.4 is 15.8 Å². The summed E-state index contributed by atoms with van der Waals surface area (Å²) in [6.45, 7) is 7.84. The van der Waals surface area contributed by atoms with Crippen LogP contribution in [0.15, 0.2) is 36.5 Å². The molecule has 0 aliphatic heterocycles. The lowest BCUT2D eigenvalue weighted by molar-refractivity contribution is 0.1000. The van der Waals surface area contributed by atoms with Crippen molar-refractivity contribution < 1.29 is 9.53 Å². The number of nitrogens with zero attached hydrogens (tertiary/aromatic N) is 1. The van der Waals surface area contributed by atoms with Gasteiger partial charge in [-0.25, -0.2) is 4.98 Å². The number of fused-ring (bicyclic) bond motifs is 1. The van der Waals surface area contributed by atoms with E-state index in [-0.39, 0.29) is 0 Å². The van der Waals surface area contributed by atoms with E-state index in [1.807, 2.05) is 6.07 Å². The number of hydrogen-bond acceptors (Lipinski definition) is 4. The van der Waals surface area contributed by atoms with Gasteiger partial charge in [0.25, 0.3) is 0 Å². The SMILES string of the molecule is CC(C)(C)CCNC1CCc2cc(Oc3ccc(C(N)=O)cn3)ccc21. The van der Waals surface area contributed by atoms with Crippen LogP contribution in [0.3, 0.4) is 0 Å². The Morgan fingerprint density at radius 1 is 1.31 bits per heavy atom. The van der Waals surface area contributed by atoms with Gasteiger partial charge in [0.1, 0.15) is 5.75 Å². The molecule has 1 heterocycles. The third kappa shape index (κ3) is 4.61. The van der Waals surface area contributed by atoms with Crippen LogP contribution in [-0.2, 0) is 6.42 Å². The Morgan fingerprint density at radius 3 is 2.77 bits per heavy atom. The molecule has 3 N–H and O–H groups in total. The summed E-state index contributed by atoms with van der Waals surface area (Å²) in [5.74, 6) is 0.720. The molecule has 2 aromatic rings. The van der Waals surface area contributed by atoms with E-state index in [9.17, 15) is 4.79 Å². The maximum absolute atomic E-state index is 11.1. The lowest BCUT2D eigenvalue weighted by Gasteiger charge is -2.21. The van der Waals surface area contributed by atoms with Gasteiger partial charge in [-0.1, -0.05) is 26.8 Å². The summed E-state index contributed by atoms with van der Waals surface area (Å²) in [5.41, 5.74) is 8.63. The molecular formula is C21H27N3O2. The topological polar surface area (TPSA) is 77.2 Å². The first kappa shape index (κ1) is 18.4. The Hall–Kier alpha value is -2.40. The van der Waals surface area contributed by atoms with Crippen LogP contribution >= 0.6 is 0 Å². The highest BCUT2D eigenvalue weighted by Crippen LogP contribution is 2.34. The van der Waals surface area contributed by atoms with Gasteiger partial charge in [0, 0.05) is 18.3 Å². The predicted octanol–water partition coefficient (Wildman–Crippen LogP) is 3.99. The number of carbonyl (C=O) groups excluding carboxylic acids is 1. The maximum atomic E-state index is 11.1. The molecule has 1 unspecified atom stereocenters. The molecular weight excluding hydrogens is 326 g/mol. The van der Waals surface area contributed by atoms with Gasteiger partial charge < -0.3 is 15.8 Å². The van der Waals surface area contributed by atoms with Crippen LogP contribution in [0.5, 0.6) is 11.6 Å². The molecule has 0 saturated heterocycles. The molecule has 1 aliphatic rings. The number of pyridine rings is 1. The number of nitrogens with one attached hydrogen (secondary N) is 1. The van der Waals surface area contributed by atoms with Crippen molar-refractivity contribution in [2.24, 2.45) is 11.1 Å². The smallest absolute Gasteiger partial charge is 0.250 e. The van der Waals surface area contributed by atoms with E-state index in [2.05, 4.69) is 43.2 Å². The van der Waals surface area contributed by atoms with Gasteiger partial charge in [0.2, 0.25) is 11.8 Å². The second-order valence-electron chi connectivity index (χ2n) is 8.07. The van der Waals surface area contributed by atoms with Crippen molar-refractivity contribution in [2.75, 3.05) is 6.54 Å². The monoisotopic (exact) mass is 353 g/mol. The van der Waals surface area contributed by atoms with Crippen LogP contribution in [-0.4, -0.2) is 17.4 Å². The Labute approximate surface area is 155 Å². The van der Waals surface area contributed by atoms with Gasteiger partial charge >= 0.3 is 0 Å². The van der Waals surface area contributed by atoms with Crippen molar-refractivity contribution in [3.05, 3.63) is 53.2 Å². The third-order valence-electron chi connectivity index (χ3n) is 4.70. The molecule has 138 valence electrons. The average Bonchev–Trinajstić information content (AvgIpc) is 2.97. The summed E-state index contributed by atoms with van der Waals surface area (Å²) >= 11 is 0. The number of aromatic nitrogens is 1. The zero-order valence-electron chi connectivity index (χ0n) is 15.7. The molecule has 26 heavy (non-hydrogen) atoms. The Bertz CT molecular complexity index is 779. The van der Waals surface area contributed by atoms with Crippen LogP contribution in [0, 0.1) is 5.41 Å². The quantitative estimate of drug-likeness (QED) is 0.823. The third-order valence-corrected chi connectivity index (χ3v) is 4.70.